The van der Waals surface area contributed by atoms with Crippen molar-refractivity contribution < 1.29 is 14.3 Å². The monoisotopic (exact) mass is 451 g/mol. The van der Waals surface area contributed by atoms with Gasteiger partial charge in [0.1, 0.15) is 11.8 Å². The van der Waals surface area contributed by atoms with Crippen LogP contribution in [0.4, 0.5) is 5.69 Å². The van der Waals surface area contributed by atoms with Gasteiger partial charge in [-0.05, 0) is 42.7 Å². The van der Waals surface area contributed by atoms with Crippen LogP contribution in [0.5, 0.6) is 5.75 Å². The topological polar surface area (TPSA) is 97.3 Å². The summed E-state index contributed by atoms with van der Waals surface area (Å²) in [6.45, 7) is 0. The Kier molecular flexibility index (Phi) is 7.06. The van der Waals surface area contributed by atoms with Gasteiger partial charge in [-0.15, -0.1) is 0 Å². The minimum Gasteiger partial charge on any atom is -0.497 e. The average molecular weight is 452 g/mol. The highest BCUT2D eigenvalue weighted by atomic mass is 32.1. The summed E-state index contributed by atoms with van der Waals surface area (Å²) in [5, 5.41) is 3.18. The van der Waals surface area contributed by atoms with Crippen molar-refractivity contribution in [2.75, 3.05) is 12.0 Å². The van der Waals surface area contributed by atoms with Crippen molar-refractivity contribution in [3.8, 4) is 5.75 Å². The predicted molar refractivity (Wildman–Crippen MR) is 122 cm³/mol. The van der Waals surface area contributed by atoms with Crippen molar-refractivity contribution >= 4 is 29.2 Å². The van der Waals surface area contributed by atoms with Gasteiger partial charge in [0.25, 0.3) is 5.91 Å². The first-order valence-electron chi connectivity index (χ1n) is 10.6. The minimum absolute atomic E-state index is 0.101. The second-order valence-corrected chi connectivity index (χ2v) is 8.25. The normalized spacial score (nSPS) is 15.0. The van der Waals surface area contributed by atoms with Gasteiger partial charge < -0.3 is 10.1 Å². The van der Waals surface area contributed by atoms with Gasteiger partial charge in [0.15, 0.2) is 5.69 Å². The Morgan fingerprint density at radius 3 is 2.62 bits per heavy atom. The third-order valence-electron chi connectivity index (χ3n) is 5.61. The molecule has 1 aliphatic rings. The number of rotatable bonds is 7. The van der Waals surface area contributed by atoms with Crippen LogP contribution in [-0.4, -0.2) is 38.7 Å². The Morgan fingerprint density at radius 2 is 1.94 bits per heavy atom. The van der Waals surface area contributed by atoms with Crippen molar-refractivity contribution in [1.82, 2.24) is 19.0 Å². The van der Waals surface area contributed by atoms with E-state index in [1.165, 1.54) is 17.5 Å². The van der Waals surface area contributed by atoms with Crippen LogP contribution >= 0.6 is 11.7 Å². The summed E-state index contributed by atoms with van der Waals surface area (Å²) in [7, 11) is 1.56. The van der Waals surface area contributed by atoms with Gasteiger partial charge in [-0.25, -0.2) is 0 Å². The third kappa shape index (κ3) is 4.94. The number of benzene rings is 1. The van der Waals surface area contributed by atoms with E-state index in [0.717, 1.165) is 37.4 Å². The van der Waals surface area contributed by atoms with Crippen LogP contribution in [0.25, 0.3) is 0 Å². The Morgan fingerprint density at radius 1 is 1.16 bits per heavy atom. The average Bonchev–Trinajstić information content (AvgIpc) is 3.38. The molecule has 3 aromatic rings. The fraction of sp³-hybridized carbons (Fsp3) is 0.348. The van der Waals surface area contributed by atoms with Gasteiger partial charge in [-0.2, -0.15) is 8.75 Å². The van der Waals surface area contributed by atoms with Gasteiger partial charge in [0.05, 0.1) is 25.0 Å². The molecule has 32 heavy (non-hydrogen) atoms. The van der Waals surface area contributed by atoms with Gasteiger partial charge in [-0.3, -0.25) is 19.5 Å². The zero-order chi connectivity index (χ0) is 22.3. The molecule has 0 saturated heterocycles. The standard InChI is InChI=1S/C23H25N5O3S/c1-31-19-9-5-8-18(14-19)28(23(30)20-15-25-32-27-20)21(16-10-12-24-13-11-16)22(29)26-17-6-3-2-4-7-17/h5,8-15,17,21H,2-4,6-7H2,1H3,(H,26,29). The molecule has 1 N–H and O–H groups in total. The molecule has 1 aromatic carbocycles. The molecule has 1 unspecified atom stereocenters. The first kappa shape index (κ1) is 21.9. The van der Waals surface area contributed by atoms with Crippen LogP contribution in [0.15, 0.2) is 55.0 Å². The second kappa shape index (κ2) is 10.3. The predicted octanol–water partition coefficient (Wildman–Crippen LogP) is 3.78. The molecule has 0 aliphatic heterocycles. The van der Waals surface area contributed by atoms with Crippen molar-refractivity contribution in [2.24, 2.45) is 0 Å². The lowest BCUT2D eigenvalue weighted by Crippen LogP contribution is -2.47. The highest BCUT2D eigenvalue weighted by molar-refractivity contribution is 6.99. The van der Waals surface area contributed by atoms with Crippen molar-refractivity contribution in [3.63, 3.8) is 0 Å². The molecule has 2 heterocycles. The van der Waals surface area contributed by atoms with E-state index in [1.54, 1.807) is 55.9 Å². The van der Waals surface area contributed by atoms with E-state index >= 15 is 0 Å². The number of hydrogen-bond acceptors (Lipinski definition) is 7. The van der Waals surface area contributed by atoms with E-state index in [1.807, 2.05) is 0 Å². The zero-order valence-corrected chi connectivity index (χ0v) is 18.6. The number of carbonyl (C=O) groups is 2. The molecule has 2 amide bonds. The number of nitrogens with zero attached hydrogens (tertiary/aromatic N) is 4. The highest BCUT2D eigenvalue weighted by Gasteiger charge is 2.35. The summed E-state index contributed by atoms with van der Waals surface area (Å²) in [6, 6.07) is 9.80. The van der Waals surface area contributed by atoms with E-state index < -0.39 is 11.9 Å². The Labute approximate surface area is 191 Å². The molecule has 166 valence electrons. The van der Waals surface area contributed by atoms with Gasteiger partial charge in [-0.1, -0.05) is 25.3 Å². The molecule has 1 fully saturated rings. The zero-order valence-electron chi connectivity index (χ0n) is 17.8. The van der Waals surface area contributed by atoms with Gasteiger partial charge in [0.2, 0.25) is 5.91 Å². The highest BCUT2D eigenvalue weighted by Crippen LogP contribution is 2.32. The number of aromatic nitrogens is 3. The van der Waals surface area contributed by atoms with Crippen LogP contribution in [-0.2, 0) is 4.79 Å². The quantitative estimate of drug-likeness (QED) is 0.587. The summed E-state index contributed by atoms with van der Waals surface area (Å²) in [5.74, 6) is -0.0621. The van der Waals surface area contributed by atoms with E-state index in [4.69, 9.17) is 4.74 Å². The molecule has 2 aromatic heterocycles. The Hall–Kier alpha value is -3.33. The fourth-order valence-electron chi connectivity index (χ4n) is 4.02. The lowest BCUT2D eigenvalue weighted by molar-refractivity contribution is -0.123. The maximum absolute atomic E-state index is 13.7. The number of amides is 2. The molecule has 4 rings (SSSR count). The smallest absolute Gasteiger partial charge is 0.280 e. The number of hydrogen-bond donors (Lipinski definition) is 1. The maximum atomic E-state index is 13.7. The Balaban J connectivity index is 1.78. The molecule has 1 atom stereocenters. The molecule has 9 heteroatoms. The number of methoxy groups -OCH3 is 1. The van der Waals surface area contributed by atoms with Crippen LogP contribution in [0.2, 0.25) is 0 Å². The van der Waals surface area contributed by atoms with Crippen LogP contribution in [0.3, 0.4) is 0 Å². The van der Waals surface area contributed by atoms with Crippen molar-refractivity contribution in [3.05, 3.63) is 66.2 Å². The summed E-state index contributed by atoms with van der Waals surface area (Å²) in [6.07, 6.45) is 9.91. The molecular formula is C23H25N5O3S. The lowest BCUT2D eigenvalue weighted by atomic mass is 9.94. The largest absolute Gasteiger partial charge is 0.497 e. The molecule has 1 saturated carbocycles. The SMILES string of the molecule is COc1cccc(N(C(=O)c2cnsn2)C(C(=O)NC2CCCCC2)c2ccncc2)c1. The molecule has 8 nitrogen and oxygen atoms in total. The van der Waals surface area contributed by atoms with Gasteiger partial charge >= 0.3 is 0 Å². The van der Waals surface area contributed by atoms with E-state index in [2.05, 4.69) is 19.0 Å². The summed E-state index contributed by atoms with van der Waals surface area (Å²) in [4.78, 5) is 32.8. The third-order valence-corrected chi connectivity index (χ3v) is 6.09. The molecular weight excluding hydrogens is 426 g/mol. The van der Waals surface area contributed by atoms with Crippen molar-refractivity contribution in [1.29, 1.82) is 0 Å². The molecule has 0 spiro atoms. The van der Waals surface area contributed by atoms with E-state index in [9.17, 15) is 9.59 Å². The second-order valence-electron chi connectivity index (χ2n) is 7.70. The summed E-state index contributed by atoms with van der Waals surface area (Å²) < 4.78 is 13.5. The van der Waals surface area contributed by atoms with Crippen LogP contribution in [0.1, 0.15) is 54.2 Å². The first-order chi connectivity index (χ1) is 15.7. The Bertz CT molecular complexity index is 1040. The van der Waals surface area contributed by atoms with Crippen molar-refractivity contribution in [2.45, 2.75) is 44.2 Å². The fourth-order valence-corrected chi connectivity index (χ4v) is 4.42. The minimum atomic E-state index is -0.902. The van der Waals surface area contributed by atoms with Gasteiger partial charge in [0, 0.05) is 30.2 Å². The maximum Gasteiger partial charge on any atom is 0.280 e. The molecule has 1 aliphatic carbocycles. The first-order valence-corrected chi connectivity index (χ1v) is 11.4. The lowest BCUT2D eigenvalue weighted by Gasteiger charge is -2.33. The number of pyridine rings is 1. The number of anilines is 1. The number of nitrogens with one attached hydrogen (secondary N) is 1. The van der Waals surface area contributed by atoms with E-state index in [-0.39, 0.29) is 17.6 Å². The summed E-state index contributed by atoms with van der Waals surface area (Å²) >= 11 is 0.950. The number of ether oxygens (including phenoxy) is 1. The van der Waals surface area contributed by atoms with Crippen LogP contribution in [0, 0.1) is 0 Å². The van der Waals surface area contributed by atoms with E-state index in [0.29, 0.717) is 17.0 Å². The number of carbonyl (C=O) groups excluding carboxylic acids is 2. The summed E-state index contributed by atoms with van der Waals surface area (Å²) in [5.41, 5.74) is 1.37. The van der Waals surface area contributed by atoms with Crippen LogP contribution < -0.4 is 15.0 Å². The molecule has 0 bridgehead atoms. The molecule has 0 radical (unpaired) electrons.